The van der Waals surface area contributed by atoms with Crippen LogP contribution in [0.1, 0.15) is 19.3 Å². The molecule has 0 aromatic carbocycles. The highest BCUT2D eigenvalue weighted by Gasteiger charge is 2.14. The highest BCUT2D eigenvalue weighted by molar-refractivity contribution is 7.80. The van der Waals surface area contributed by atoms with Gasteiger partial charge in [0.05, 0.1) is 5.37 Å². The zero-order valence-electron chi connectivity index (χ0n) is 6.38. The van der Waals surface area contributed by atoms with E-state index in [2.05, 4.69) is 30.1 Å². The van der Waals surface area contributed by atoms with Crippen molar-refractivity contribution in [3.05, 3.63) is 12.2 Å². The van der Waals surface area contributed by atoms with Crippen molar-refractivity contribution in [1.82, 2.24) is 5.32 Å². The summed E-state index contributed by atoms with van der Waals surface area (Å²) in [5.74, 6) is 0.641. The van der Waals surface area contributed by atoms with Crippen LogP contribution >= 0.6 is 12.6 Å². The van der Waals surface area contributed by atoms with E-state index in [1.165, 1.54) is 19.3 Å². The fourth-order valence-electron chi connectivity index (χ4n) is 1.32. The summed E-state index contributed by atoms with van der Waals surface area (Å²) in [5.41, 5.74) is 0. The molecule has 2 atom stereocenters. The monoisotopic (exact) mass is 157 g/mol. The van der Waals surface area contributed by atoms with E-state index < -0.39 is 0 Å². The predicted octanol–water partition coefficient (Wildman–Crippen LogP) is 1.82. The second kappa shape index (κ2) is 4.04. The molecule has 0 amide bonds. The average Bonchev–Trinajstić information content (AvgIpc) is 2.05. The molecule has 1 nitrogen and oxygen atoms in total. The van der Waals surface area contributed by atoms with Crippen molar-refractivity contribution in [3.63, 3.8) is 0 Å². The van der Waals surface area contributed by atoms with Gasteiger partial charge in [0, 0.05) is 5.92 Å². The van der Waals surface area contributed by atoms with Crippen LogP contribution in [-0.2, 0) is 0 Å². The first-order chi connectivity index (χ1) is 4.84. The molecule has 0 bridgehead atoms. The lowest BCUT2D eigenvalue weighted by Gasteiger charge is -2.21. The maximum absolute atomic E-state index is 4.41. The minimum atomic E-state index is 0.344. The SMILES string of the molecule is CNC(S)C1C=CCCC1. The van der Waals surface area contributed by atoms with E-state index in [-0.39, 0.29) is 0 Å². The molecule has 1 aliphatic carbocycles. The molecule has 0 saturated heterocycles. The van der Waals surface area contributed by atoms with Gasteiger partial charge < -0.3 is 5.32 Å². The maximum Gasteiger partial charge on any atom is 0.0563 e. The molecule has 10 heavy (non-hydrogen) atoms. The van der Waals surface area contributed by atoms with Gasteiger partial charge in [0.2, 0.25) is 0 Å². The van der Waals surface area contributed by atoms with Gasteiger partial charge in [-0.05, 0) is 26.3 Å². The van der Waals surface area contributed by atoms with Crippen molar-refractivity contribution in [2.45, 2.75) is 24.6 Å². The van der Waals surface area contributed by atoms with Gasteiger partial charge >= 0.3 is 0 Å². The van der Waals surface area contributed by atoms with Crippen LogP contribution in [0.4, 0.5) is 0 Å². The zero-order valence-corrected chi connectivity index (χ0v) is 7.27. The largest absolute Gasteiger partial charge is 0.308 e. The lowest BCUT2D eigenvalue weighted by molar-refractivity contribution is 0.489. The van der Waals surface area contributed by atoms with E-state index in [4.69, 9.17) is 0 Å². The average molecular weight is 157 g/mol. The fourth-order valence-corrected chi connectivity index (χ4v) is 1.56. The second-order valence-electron chi connectivity index (χ2n) is 2.76. The van der Waals surface area contributed by atoms with Crippen molar-refractivity contribution < 1.29 is 0 Å². The van der Waals surface area contributed by atoms with Gasteiger partial charge in [-0.25, -0.2) is 0 Å². The van der Waals surface area contributed by atoms with Crippen molar-refractivity contribution in [2.24, 2.45) is 5.92 Å². The third kappa shape index (κ3) is 2.03. The Kier molecular flexibility index (Phi) is 3.29. The molecule has 0 fully saturated rings. The van der Waals surface area contributed by atoms with Crippen LogP contribution in [0, 0.1) is 5.92 Å². The van der Waals surface area contributed by atoms with Crippen molar-refractivity contribution in [1.29, 1.82) is 0 Å². The first-order valence-corrected chi connectivity index (χ1v) is 4.38. The molecule has 0 aromatic heterocycles. The van der Waals surface area contributed by atoms with Crippen molar-refractivity contribution >= 4 is 12.6 Å². The number of rotatable bonds is 2. The number of allylic oxidation sites excluding steroid dienone is 1. The van der Waals surface area contributed by atoms with Gasteiger partial charge in [-0.1, -0.05) is 12.2 Å². The first-order valence-electron chi connectivity index (χ1n) is 3.86. The Bertz CT molecular complexity index is 122. The normalized spacial score (nSPS) is 28.4. The van der Waals surface area contributed by atoms with Crippen LogP contribution < -0.4 is 5.32 Å². The molecule has 2 unspecified atom stereocenters. The summed E-state index contributed by atoms with van der Waals surface area (Å²) < 4.78 is 0. The quantitative estimate of drug-likeness (QED) is 0.354. The Morgan fingerprint density at radius 2 is 2.50 bits per heavy atom. The molecule has 0 aromatic rings. The molecule has 0 radical (unpaired) electrons. The van der Waals surface area contributed by atoms with E-state index in [0.29, 0.717) is 11.3 Å². The van der Waals surface area contributed by atoms with E-state index in [0.717, 1.165) is 0 Å². The molecule has 0 heterocycles. The maximum atomic E-state index is 4.41. The summed E-state index contributed by atoms with van der Waals surface area (Å²) in [4.78, 5) is 0. The number of thiol groups is 1. The molecular formula is C8H15NS. The number of nitrogens with one attached hydrogen (secondary N) is 1. The molecule has 2 heteroatoms. The molecule has 0 aliphatic heterocycles. The third-order valence-corrected chi connectivity index (χ3v) is 2.63. The smallest absolute Gasteiger partial charge is 0.0563 e. The Morgan fingerprint density at radius 3 is 3.00 bits per heavy atom. The third-order valence-electron chi connectivity index (χ3n) is 1.99. The summed E-state index contributed by atoms with van der Waals surface area (Å²) in [7, 11) is 1.96. The minimum Gasteiger partial charge on any atom is -0.308 e. The lowest BCUT2D eigenvalue weighted by atomic mass is 9.96. The van der Waals surface area contributed by atoms with Crippen LogP contribution in [0.3, 0.4) is 0 Å². The summed E-state index contributed by atoms with van der Waals surface area (Å²) in [6.07, 6.45) is 8.39. The number of hydrogen-bond acceptors (Lipinski definition) is 2. The summed E-state index contributed by atoms with van der Waals surface area (Å²) in [5, 5.41) is 3.49. The highest BCUT2D eigenvalue weighted by Crippen LogP contribution is 2.21. The topological polar surface area (TPSA) is 12.0 Å². The summed E-state index contributed by atoms with van der Waals surface area (Å²) >= 11 is 4.41. The van der Waals surface area contributed by atoms with Crippen molar-refractivity contribution in [3.8, 4) is 0 Å². The van der Waals surface area contributed by atoms with E-state index >= 15 is 0 Å². The summed E-state index contributed by atoms with van der Waals surface area (Å²) in [6, 6.07) is 0. The van der Waals surface area contributed by atoms with E-state index in [9.17, 15) is 0 Å². The molecule has 0 spiro atoms. The van der Waals surface area contributed by atoms with Gasteiger partial charge in [-0.2, -0.15) is 12.6 Å². The fraction of sp³-hybridized carbons (Fsp3) is 0.750. The summed E-state index contributed by atoms with van der Waals surface area (Å²) in [6.45, 7) is 0. The molecular weight excluding hydrogens is 142 g/mol. The Balaban J connectivity index is 2.38. The Labute approximate surface area is 68.3 Å². The number of hydrogen-bond donors (Lipinski definition) is 2. The zero-order chi connectivity index (χ0) is 7.40. The first kappa shape index (κ1) is 8.15. The van der Waals surface area contributed by atoms with E-state index in [1.54, 1.807) is 0 Å². The second-order valence-corrected chi connectivity index (χ2v) is 3.31. The van der Waals surface area contributed by atoms with Gasteiger partial charge in [0.25, 0.3) is 0 Å². The Hall–Kier alpha value is 0.0500. The minimum absolute atomic E-state index is 0.344. The van der Waals surface area contributed by atoms with E-state index in [1.807, 2.05) is 7.05 Å². The lowest BCUT2D eigenvalue weighted by Crippen LogP contribution is -2.27. The van der Waals surface area contributed by atoms with Crippen LogP contribution in [0.2, 0.25) is 0 Å². The molecule has 1 N–H and O–H groups in total. The van der Waals surface area contributed by atoms with Crippen molar-refractivity contribution in [2.75, 3.05) is 7.05 Å². The standard InChI is InChI=1S/C8H15NS/c1-9-8(10)7-5-3-2-4-6-7/h3,5,7-10H,2,4,6H2,1H3. The highest BCUT2D eigenvalue weighted by atomic mass is 32.1. The van der Waals surface area contributed by atoms with Gasteiger partial charge in [0.15, 0.2) is 0 Å². The Morgan fingerprint density at radius 1 is 1.70 bits per heavy atom. The predicted molar refractivity (Wildman–Crippen MR) is 48.3 cm³/mol. The molecule has 1 aliphatic rings. The van der Waals surface area contributed by atoms with Crippen LogP contribution in [-0.4, -0.2) is 12.4 Å². The van der Waals surface area contributed by atoms with Gasteiger partial charge in [0.1, 0.15) is 0 Å². The van der Waals surface area contributed by atoms with Crippen LogP contribution in [0.5, 0.6) is 0 Å². The molecule has 0 saturated carbocycles. The molecule has 1 rings (SSSR count). The van der Waals surface area contributed by atoms with Gasteiger partial charge in [-0.3, -0.25) is 0 Å². The molecule has 58 valence electrons. The van der Waals surface area contributed by atoms with Crippen LogP contribution in [0.25, 0.3) is 0 Å². The van der Waals surface area contributed by atoms with Crippen LogP contribution in [0.15, 0.2) is 12.2 Å². The van der Waals surface area contributed by atoms with Gasteiger partial charge in [-0.15, -0.1) is 0 Å².